The second-order valence-electron chi connectivity index (χ2n) is 6.75. The molecule has 0 aliphatic carbocycles. The van der Waals surface area contributed by atoms with Gasteiger partial charge < -0.3 is 9.32 Å². The third-order valence-corrected chi connectivity index (χ3v) is 5.93. The summed E-state index contributed by atoms with van der Waals surface area (Å²) in [6, 6.07) is 8.44. The summed E-state index contributed by atoms with van der Waals surface area (Å²) in [5, 5.41) is 2.91. The summed E-state index contributed by atoms with van der Waals surface area (Å²) in [7, 11) is 0. The first-order valence-corrected chi connectivity index (χ1v) is 10.3. The van der Waals surface area contributed by atoms with Gasteiger partial charge in [-0.3, -0.25) is 19.8 Å². The lowest BCUT2D eigenvalue weighted by Crippen LogP contribution is -2.54. The average molecular weight is 450 g/mol. The monoisotopic (exact) mass is 449 g/mol. The van der Waals surface area contributed by atoms with E-state index < -0.39 is 11.8 Å². The minimum atomic E-state index is -0.598. The van der Waals surface area contributed by atoms with Gasteiger partial charge in [0.15, 0.2) is 11.0 Å². The molecule has 0 bridgehead atoms. The molecule has 6 nitrogen and oxygen atoms in total. The van der Waals surface area contributed by atoms with E-state index in [1.165, 1.54) is 12.5 Å². The van der Waals surface area contributed by atoms with Crippen molar-refractivity contribution < 1.29 is 14.0 Å². The Morgan fingerprint density at radius 3 is 2.59 bits per heavy atom. The molecule has 0 radical (unpaired) electrons. The summed E-state index contributed by atoms with van der Waals surface area (Å²) in [4.78, 5) is 28.8. The van der Waals surface area contributed by atoms with E-state index in [0.717, 1.165) is 36.7 Å². The van der Waals surface area contributed by atoms with Crippen molar-refractivity contribution in [3.05, 3.63) is 51.7 Å². The van der Waals surface area contributed by atoms with Gasteiger partial charge in [0.25, 0.3) is 11.8 Å². The van der Waals surface area contributed by atoms with Crippen LogP contribution in [0.3, 0.4) is 0 Å². The maximum atomic E-state index is 13.1. The Labute approximate surface area is 183 Å². The zero-order valence-corrected chi connectivity index (χ0v) is 17.6. The molecule has 150 valence electrons. The molecule has 9 heteroatoms. The molecule has 0 saturated carbocycles. The molecule has 1 aromatic heterocycles. The van der Waals surface area contributed by atoms with Crippen LogP contribution in [0, 0.1) is 0 Å². The number of rotatable bonds is 3. The fourth-order valence-electron chi connectivity index (χ4n) is 3.39. The number of thiocarbonyl (C=S) groups is 1. The van der Waals surface area contributed by atoms with Crippen LogP contribution in [0.1, 0.15) is 25.0 Å². The third-order valence-electron chi connectivity index (χ3n) is 4.84. The standard InChI is InChI=1S/C20H17Cl2N3O3S/c21-14-5-4-6-15(17(14)22)25-19(27)13(18(26)23-20(25)29)11-12-7-8-16(28-12)24-9-2-1-3-10-24/h4-8,11H,1-3,9-10H2,(H,23,26,29)/b13-11+. The van der Waals surface area contributed by atoms with E-state index in [2.05, 4.69) is 10.2 Å². The predicted octanol–water partition coefficient (Wildman–Crippen LogP) is 4.41. The van der Waals surface area contributed by atoms with E-state index in [1.54, 1.807) is 24.3 Å². The Morgan fingerprint density at radius 2 is 1.83 bits per heavy atom. The van der Waals surface area contributed by atoms with Crippen molar-refractivity contribution >= 4 is 70.0 Å². The molecule has 4 rings (SSSR count). The molecule has 0 unspecified atom stereocenters. The van der Waals surface area contributed by atoms with Crippen LogP contribution in [-0.2, 0) is 9.59 Å². The lowest BCUT2D eigenvalue weighted by Gasteiger charge is -2.29. The van der Waals surface area contributed by atoms with Crippen molar-refractivity contribution in [2.24, 2.45) is 0 Å². The normalized spacial score (nSPS) is 19.1. The fraction of sp³-hybridized carbons (Fsp3) is 0.250. The van der Waals surface area contributed by atoms with Gasteiger partial charge in [-0.05, 0) is 55.8 Å². The molecule has 2 aliphatic heterocycles. The maximum Gasteiger partial charge on any atom is 0.270 e. The molecule has 2 fully saturated rings. The quantitative estimate of drug-likeness (QED) is 0.427. The van der Waals surface area contributed by atoms with Crippen LogP contribution in [0.2, 0.25) is 10.0 Å². The first-order chi connectivity index (χ1) is 14.0. The molecule has 0 spiro atoms. The van der Waals surface area contributed by atoms with Gasteiger partial charge in [-0.1, -0.05) is 29.3 Å². The maximum absolute atomic E-state index is 13.1. The summed E-state index contributed by atoms with van der Waals surface area (Å²) in [5.74, 6) is -0.0522. The Kier molecular flexibility index (Phi) is 5.63. The van der Waals surface area contributed by atoms with Gasteiger partial charge in [-0.2, -0.15) is 0 Å². The van der Waals surface area contributed by atoms with Gasteiger partial charge in [0.2, 0.25) is 0 Å². The minimum Gasteiger partial charge on any atom is -0.441 e. The molecule has 1 N–H and O–H groups in total. The minimum absolute atomic E-state index is 0.0604. The highest BCUT2D eigenvalue weighted by Gasteiger charge is 2.36. The number of benzene rings is 1. The number of carbonyl (C=O) groups excluding carboxylic acids is 2. The third kappa shape index (κ3) is 3.90. The molecular formula is C20H17Cl2N3O3S. The highest BCUT2D eigenvalue weighted by Crippen LogP contribution is 2.34. The number of carbonyl (C=O) groups is 2. The molecular weight excluding hydrogens is 433 g/mol. The Hall–Kier alpha value is -2.35. The SMILES string of the molecule is O=C1NC(=S)N(c2cccc(Cl)c2Cl)C(=O)/C1=C/c1ccc(N2CCCCC2)o1. The number of anilines is 2. The number of furan rings is 1. The molecule has 29 heavy (non-hydrogen) atoms. The summed E-state index contributed by atoms with van der Waals surface area (Å²) < 4.78 is 5.85. The molecule has 3 heterocycles. The van der Waals surface area contributed by atoms with Crippen molar-refractivity contribution in [2.45, 2.75) is 19.3 Å². The lowest BCUT2D eigenvalue weighted by atomic mass is 10.1. The predicted molar refractivity (Wildman–Crippen MR) is 117 cm³/mol. The molecule has 0 atom stereocenters. The Bertz CT molecular complexity index is 1030. The van der Waals surface area contributed by atoms with E-state index in [4.69, 9.17) is 39.8 Å². The van der Waals surface area contributed by atoms with Gasteiger partial charge in [0, 0.05) is 19.2 Å². The largest absolute Gasteiger partial charge is 0.441 e. The second kappa shape index (κ2) is 8.18. The second-order valence-corrected chi connectivity index (χ2v) is 7.93. The first-order valence-electron chi connectivity index (χ1n) is 9.16. The number of halogens is 2. The molecule has 2 saturated heterocycles. The fourth-order valence-corrected chi connectivity index (χ4v) is 4.04. The number of nitrogens with one attached hydrogen (secondary N) is 1. The average Bonchev–Trinajstić information content (AvgIpc) is 3.18. The van der Waals surface area contributed by atoms with E-state index >= 15 is 0 Å². The van der Waals surface area contributed by atoms with Crippen LogP contribution in [0.25, 0.3) is 6.08 Å². The van der Waals surface area contributed by atoms with E-state index in [0.29, 0.717) is 11.4 Å². The summed E-state index contributed by atoms with van der Waals surface area (Å²) in [5.41, 5.74) is 0.197. The van der Waals surface area contributed by atoms with Gasteiger partial charge in [-0.15, -0.1) is 0 Å². The molecule has 2 amide bonds. The van der Waals surface area contributed by atoms with Gasteiger partial charge in [0.1, 0.15) is 11.3 Å². The Morgan fingerprint density at radius 1 is 1.07 bits per heavy atom. The zero-order chi connectivity index (χ0) is 20.5. The van der Waals surface area contributed by atoms with Crippen LogP contribution in [-0.4, -0.2) is 30.0 Å². The topological polar surface area (TPSA) is 65.8 Å². The van der Waals surface area contributed by atoms with Crippen molar-refractivity contribution in [2.75, 3.05) is 22.9 Å². The summed E-state index contributed by atoms with van der Waals surface area (Å²) in [6.45, 7) is 1.86. The van der Waals surface area contributed by atoms with E-state index in [-0.39, 0.29) is 20.7 Å². The van der Waals surface area contributed by atoms with Crippen LogP contribution in [0.4, 0.5) is 11.6 Å². The lowest BCUT2D eigenvalue weighted by molar-refractivity contribution is -0.122. The number of piperidine rings is 1. The molecule has 1 aromatic carbocycles. The number of hydrogen-bond acceptors (Lipinski definition) is 5. The van der Waals surface area contributed by atoms with Gasteiger partial charge >= 0.3 is 0 Å². The number of hydrogen-bond donors (Lipinski definition) is 1. The summed E-state index contributed by atoms with van der Waals surface area (Å²) in [6.07, 6.45) is 4.86. The zero-order valence-electron chi connectivity index (χ0n) is 15.3. The van der Waals surface area contributed by atoms with Crippen molar-refractivity contribution in [3.63, 3.8) is 0 Å². The van der Waals surface area contributed by atoms with Crippen LogP contribution >= 0.6 is 35.4 Å². The smallest absolute Gasteiger partial charge is 0.270 e. The number of amides is 2. The van der Waals surface area contributed by atoms with Crippen molar-refractivity contribution in [1.82, 2.24) is 5.32 Å². The van der Waals surface area contributed by atoms with Gasteiger partial charge in [0.05, 0.1) is 15.7 Å². The van der Waals surface area contributed by atoms with E-state index in [1.807, 2.05) is 6.07 Å². The highest BCUT2D eigenvalue weighted by molar-refractivity contribution is 7.80. The Balaban J connectivity index is 1.65. The summed E-state index contributed by atoms with van der Waals surface area (Å²) >= 11 is 17.5. The highest BCUT2D eigenvalue weighted by atomic mass is 35.5. The van der Waals surface area contributed by atoms with Crippen LogP contribution in [0.15, 0.2) is 40.3 Å². The number of nitrogens with zero attached hydrogens (tertiary/aromatic N) is 2. The van der Waals surface area contributed by atoms with E-state index in [9.17, 15) is 9.59 Å². The van der Waals surface area contributed by atoms with Crippen molar-refractivity contribution in [1.29, 1.82) is 0 Å². The van der Waals surface area contributed by atoms with Crippen LogP contribution < -0.4 is 15.1 Å². The molecule has 2 aliphatic rings. The van der Waals surface area contributed by atoms with Gasteiger partial charge in [-0.25, -0.2) is 0 Å². The van der Waals surface area contributed by atoms with Crippen LogP contribution in [0.5, 0.6) is 0 Å². The van der Waals surface area contributed by atoms with Crippen molar-refractivity contribution in [3.8, 4) is 0 Å². The molecule has 2 aromatic rings. The first kappa shape index (κ1) is 19.9.